The molecule has 2 rings (SSSR count). The van der Waals surface area contributed by atoms with E-state index in [1.54, 1.807) is 24.3 Å². The van der Waals surface area contributed by atoms with Crippen molar-refractivity contribution in [1.29, 1.82) is 0 Å². The minimum absolute atomic E-state index is 0.0728. The molecule has 0 aliphatic rings. The monoisotopic (exact) mass is 438 g/mol. The Kier molecular flexibility index (Phi) is 4.63. The fraction of sp³-hybridized carbons (Fsp3) is 0. The maximum Gasteiger partial charge on any atom is 0.265 e. The molecule has 0 amide bonds. The number of hydrogen-bond acceptors (Lipinski definition) is 3. The molecule has 0 radical (unpaired) electrons. The van der Waals surface area contributed by atoms with Crippen molar-refractivity contribution in [2.24, 2.45) is 0 Å². The van der Waals surface area contributed by atoms with Crippen LogP contribution in [-0.4, -0.2) is 8.42 Å². The summed E-state index contributed by atoms with van der Waals surface area (Å²) < 4.78 is 28.6. The standard InChI is InChI=1S/C12H9Br2ClN2O2S/c13-7-4-5-8(14)11(6-7)17-20(18,19)12-9(15)2-1-3-10(12)16/h1-6,17H,16H2. The molecule has 0 aliphatic heterocycles. The third-order valence-electron chi connectivity index (χ3n) is 2.44. The predicted molar refractivity (Wildman–Crippen MR) is 88.5 cm³/mol. The van der Waals surface area contributed by atoms with E-state index in [4.69, 9.17) is 17.3 Å². The van der Waals surface area contributed by atoms with Crippen molar-refractivity contribution in [3.05, 3.63) is 50.4 Å². The maximum absolute atomic E-state index is 12.4. The van der Waals surface area contributed by atoms with Gasteiger partial charge in [-0.15, -0.1) is 0 Å². The van der Waals surface area contributed by atoms with E-state index in [0.29, 0.717) is 10.2 Å². The van der Waals surface area contributed by atoms with Gasteiger partial charge in [0.2, 0.25) is 0 Å². The third-order valence-corrected chi connectivity index (χ3v) is 5.53. The molecule has 0 fully saturated rings. The number of sulfonamides is 1. The Morgan fingerprint density at radius 3 is 2.50 bits per heavy atom. The zero-order chi connectivity index (χ0) is 14.9. The van der Waals surface area contributed by atoms with E-state index in [2.05, 4.69) is 36.6 Å². The molecular formula is C12H9Br2ClN2O2S. The Balaban J connectivity index is 2.49. The molecule has 20 heavy (non-hydrogen) atoms. The molecule has 0 saturated carbocycles. The van der Waals surface area contributed by atoms with Gasteiger partial charge in [-0.25, -0.2) is 8.42 Å². The molecule has 0 atom stereocenters. The number of nitrogens with two attached hydrogens (primary N) is 1. The number of nitrogen functional groups attached to an aromatic ring is 1. The number of halogens is 3. The van der Waals surface area contributed by atoms with Crippen LogP contribution in [0.3, 0.4) is 0 Å². The summed E-state index contributed by atoms with van der Waals surface area (Å²) in [5, 5.41) is 0.0728. The van der Waals surface area contributed by atoms with Crippen LogP contribution in [0.1, 0.15) is 0 Å². The summed E-state index contributed by atoms with van der Waals surface area (Å²) in [5.74, 6) is 0. The summed E-state index contributed by atoms with van der Waals surface area (Å²) in [6, 6.07) is 9.68. The average molecular weight is 441 g/mol. The zero-order valence-electron chi connectivity index (χ0n) is 9.90. The molecule has 2 aromatic rings. The lowest BCUT2D eigenvalue weighted by Crippen LogP contribution is -2.15. The second-order valence-corrected chi connectivity index (χ2v) is 7.68. The van der Waals surface area contributed by atoms with Gasteiger partial charge in [-0.05, 0) is 46.3 Å². The van der Waals surface area contributed by atoms with E-state index in [-0.39, 0.29) is 15.6 Å². The van der Waals surface area contributed by atoms with Crippen molar-refractivity contribution in [3.8, 4) is 0 Å². The van der Waals surface area contributed by atoms with E-state index < -0.39 is 10.0 Å². The molecule has 3 N–H and O–H groups in total. The Morgan fingerprint density at radius 1 is 1.15 bits per heavy atom. The van der Waals surface area contributed by atoms with Gasteiger partial charge in [0.15, 0.2) is 0 Å². The molecule has 2 aromatic carbocycles. The van der Waals surface area contributed by atoms with Crippen LogP contribution in [0.15, 0.2) is 50.2 Å². The Hall–Kier alpha value is -0.760. The lowest BCUT2D eigenvalue weighted by Gasteiger charge is -2.13. The van der Waals surface area contributed by atoms with E-state index in [1.165, 1.54) is 12.1 Å². The van der Waals surface area contributed by atoms with Crippen LogP contribution in [0, 0.1) is 0 Å². The van der Waals surface area contributed by atoms with Crippen LogP contribution in [-0.2, 0) is 10.0 Å². The van der Waals surface area contributed by atoms with Gasteiger partial charge in [0.25, 0.3) is 10.0 Å². The fourth-order valence-electron chi connectivity index (χ4n) is 1.58. The van der Waals surface area contributed by atoms with E-state index in [0.717, 1.165) is 4.47 Å². The van der Waals surface area contributed by atoms with Crippen LogP contribution in [0.2, 0.25) is 5.02 Å². The highest BCUT2D eigenvalue weighted by Crippen LogP contribution is 2.32. The van der Waals surface area contributed by atoms with Crippen LogP contribution in [0.25, 0.3) is 0 Å². The van der Waals surface area contributed by atoms with Gasteiger partial charge in [0.1, 0.15) is 4.90 Å². The van der Waals surface area contributed by atoms with E-state index in [9.17, 15) is 8.42 Å². The molecule has 0 heterocycles. The van der Waals surface area contributed by atoms with E-state index in [1.807, 2.05) is 0 Å². The average Bonchev–Trinajstić information content (AvgIpc) is 2.33. The first-order valence-corrected chi connectivity index (χ1v) is 8.78. The lowest BCUT2D eigenvalue weighted by atomic mass is 10.3. The molecular weight excluding hydrogens is 431 g/mol. The SMILES string of the molecule is Nc1cccc(Cl)c1S(=O)(=O)Nc1cc(Br)ccc1Br. The van der Waals surface area contributed by atoms with Crippen LogP contribution in [0.4, 0.5) is 11.4 Å². The topological polar surface area (TPSA) is 72.2 Å². The summed E-state index contributed by atoms with van der Waals surface area (Å²) in [6.07, 6.45) is 0. The first kappa shape index (κ1) is 15.6. The first-order chi connectivity index (χ1) is 9.31. The molecule has 0 spiro atoms. The minimum Gasteiger partial charge on any atom is -0.398 e. The summed E-state index contributed by atoms with van der Waals surface area (Å²) in [5.41, 5.74) is 6.19. The van der Waals surface area contributed by atoms with Crippen LogP contribution in [0.5, 0.6) is 0 Å². The minimum atomic E-state index is -3.87. The molecule has 0 saturated heterocycles. The Morgan fingerprint density at radius 2 is 1.85 bits per heavy atom. The van der Waals surface area contributed by atoms with Crippen molar-refractivity contribution >= 4 is 64.9 Å². The van der Waals surface area contributed by atoms with Crippen molar-refractivity contribution in [1.82, 2.24) is 0 Å². The number of benzene rings is 2. The normalized spacial score (nSPS) is 11.3. The molecule has 4 nitrogen and oxygen atoms in total. The second kappa shape index (κ2) is 5.93. The highest BCUT2D eigenvalue weighted by molar-refractivity contribution is 9.11. The molecule has 106 valence electrons. The molecule has 8 heteroatoms. The number of hydrogen-bond donors (Lipinski definition) is 2. The van der Waals surface area contributed by atoms with Gasteiger partial charge in [-0.3, -0.25) is 4.72 Å². The number of anilines is 2. The lowest BCUT2D eigenvalue weighted by molar-refractivity contribution is 0.601. The second-order valence-electron chi connectivity index (χ2n) is 3.89. The van der Waals surface area contributed by atoms with Crippen molar-refractivity contribution in [2.75, 3.05) is 10.5 Å². The van der Waals surface area contributed by atoms with Crippen molar-refractivity contribution in [2.45, 2.75) is 4.90 Å². The molecule has 0 bridgehead atoms. The molecule has 0 aromatic heterocycles. The predicted octanol–water partition coefficient (Wildman–Crippen LogP) is 4.25. The van der Waals surface area contributed by atoms with Gasteiger partial charge in [0.05, 0.1) is 16.4 Å². The third kappa shape index (κ3) is 3.28. The van der Waals surface area contributed by atoms with Gasteiger partial charge >= 0.3 is 0 Å². The van der Waals surface area contributed by atoms with Crippen molar-refractivity contribution in [3.63, 3.8) is 0 Å². The van der Waals surface area contributed by atoms with Gasteiger partial charge < -0.3 is 5.73 Å². The number of nitrogens with one attached hydrogen (secondary N) is 1. The van der Waals surface area contributed by atoms with Gasteiger partial charge in [-0.2, -0.15) is 0 Å². The largest absolute Gasteiger partial charge is 0.398 e. The van der Waals surface area contributed by atoms with Crippen LogP contribution < -0.4 is 10.5 Å². The summed E-state index contributed by atoms with van der Waals surface area (Å²) in [7, 11) is -3.87. The molecule has 0 aliphatic carbocycles. The summed E-state index contributed by atoms with van der Waals surface area (Å²) >= 11 is 12.5. The Bertz CT molecular complexity index is 746. The highest BCUT2D eigenvalue weighted by atomic mass is 79.9. The van der Waals surface area contributed by atoms with E-state index >= 15 is 0 Å². The summed E-state index contributed by atoms with van der Waals surface area (Å²) in [4.78, 5) is -0.131. The number of rotatable bonds is 3. The zero-order valence-corrected chi connectivity index (χ0v) is 14.6. The van der Waals surface area contributed by atoms with Crippen LogP contribution >= 0.6 is 43.5 Å². The maximum atomic E-state index is 12.4. The summed E-state index contributed by atoms with van der Waals surface area (Å²) in [6.45, 7) is 0. The quantitative estimate of drug-likeness (QED) is 0.701. The van der Waals surface area contributed by atoms with Crippen molar-refractivity contribution < 1.29 is 8.42 Å². The first-order valence-electron chi connectivity index (χ1n) is 5.33. The smallest absolute Gasteiger partial charge is 0.265 e. The Labute approximate surface area is 138 Å². The van der Waals surface area contributed by atoms with Gasteiger partial charge in [-0.1, -0.05) is 33.6 Å². The molecule has 0 unspecified atom stereocenters. The highest BCUT2D eigenvalue weighted by Gasteiger charge is 2.22. The fourth-order valence-corrected chi connectivity index (χ4v) is 4.17. The van der Waals surface area contributed by atoms with Gasteiger partial charge in [0, 0.05) is 8.95 Å².